The molecule has 1 unspecified atom stereocenters. The fourth-order valence-corrected chi connectivity index (χ4v) is 1.81. The summed E-state index contributed by atoms with van der Waals surface area (Å²) in [6.45, 7) is 1.79. The summed E-state index contributed by atoms with van der Waals surface area (Å²) in [5.74, 6) is -0.368. The molecule has 7 heteroatoms. The highest BCUT2D eigenvalue weighted by molar-refractivity contribution is 9.10. The topological polar surface area (TPSA) is 29.1 Å². The quantitative estimate of drug-likeness (QED) is 0.754. The minimum atomic E-state index is -4.46. The third kappa shape index (κ3) is 3.98. The summed E-state index contributed by atoms with van der Waals surface area (Å²) in [5, 5.41) is 2.43. The van der Waals surface area contributed by atoms with E-state index in [-0.39, 0.29) is 16.1 Å². The molecule has 0 radical (unpaired) electrons. The van der Waals surface area contributed by atoms with Gasteiger partial charge in [0.25, 0.3) is 0 Å². The summed E-state index contributed by atoms with van der Waals surface area (Å²) in [6.07, 6.45) is -3.91. The SMILES string of the molecule is CCC(Br)C(=O)Nc1ccc(Br)c(C(F)(F)F)c1. The molecule has 0 heterocycles. The number of carbonyl (C=O) groups is 1. The van der Waals surface area contributed by atoms with E-state index in [4.69, 9.17) is 0 Å². The Morgan fingerprint density at radius 2 is 2.06 bits per heavy atom. The lowest BCUT2D eigenvalue weighted by Gasteiger charge is -2.13. The Morgan fingerprint density at radius 1 is 1.44 bits per heavy atom. The molecule has 2 nitrogen and oxygen atoms in total. The second kappa shape index (κ2) is 6.06. The largest absolute Gasteiger partial charge is 0.417 e. The van der Waals surface area contributed by atoms with Gasteiger partial charge in [0.1, 0.15) is 0 Å². The number of amides is 1. The maximum absolute atomic E-state index is 12.6. The fraction of sp³-hybridized carbons (Fsp3) is 0.364. The highest BCUT2D eigenvalue weighted by Gasteiger charge is 2.33. The third-order valence-electron chi connectivity index (χ3n) is 2.18. The first kappa shape index (κ1) is 15.5. The number of halogens is 5. The van der Waals surface area contributed by atoms with Gasteiger partial charge in [0.15, 0.2) is 0 Å². The number of carbonyl (C=O) groups excluding carboxylic acids is 1. The van der Waals surface area contributed by atoms with E-state index in [9.17, 15) is 18.0 Å². The molecule has 1 aromatic carbocycles. The zero-order valence-electron chi connectivity index (χ0n) is 9.31. The molecule has 1 atom stereocenters. The summed E-state index contributed by atoms with van der Waals surface area (Å²) in [4.78, 5) is 11.1. The molecule has 1 aromatic rings. The minimum absolute atomic E-state index is 0.0566. The van der Waals surface area contributed by atoms with E-state index >= 15 is 0 Å². The number of benzene rings is 1. The zero-order valence-corrected chi connectivity index (χ0v) is 12.5. The van der Waals surface area contributed by atoms with Crippen LogP contribution in [0.4, 0.5) is 18.9 Å². The molecule has 1 rings (SSSR count). The lowest BCUT2D eigenvalue weighted by Crippen LogP contribution is -2.22. The van der Waals surface area contributed by atoms with Gasteiger partial charge in [-0.25, -0.2) is 0 Å². The molecule has 0 aliphatic carbocycles. The normalized spacial score (nSPS) is 13.2. The molecule has 0 spiro atoms. The summed E-state index contributed by atoms with van der Waals surface area (Å²) < 4.78 is 37.9. The highest BCUT2D eigenvalue weighted by Crippen LogP contribution is 2.36. The molecule has 0 bridgehead atoms. The van der Waals surface area contributed by atoms with Gasteiger partial charge in [-0.15, -0.1) is 0 Å². The smallest absolute Gasteiger partial charge is 0.325 e. The van der Waals surface area contributed by atoms with Crippen molar-refractivity contribution < 1.29 is 18.0 Å². The van der Waals surface area contributed by atoms with Crippen LogP contribution in [0.1, 0.15) is 18.9 Å². The van der Waals surface area contributed by atoms with Crippen molar-refractivity contribution in [3.8, 4) is 0 Å². The van der Waals surface area contributed by atoms with Crippen LogP contribution in [0.3, 0.4) is 0 Å². The van der Waals surface area contributed by atoms with E-state index in [2.05, 4.69) is 37.2 Å². The van der Waals surface area contributed by atoms with Crippen LogP contribution in [0.5, 0.6) is 0 Å². The van der Waals surface area contributed by atoms with Crippen LogP contribution in [0, 0.1) is 0 Å². The molecule has 0 aromatic heterocycles. The van der Waals surface area contributed by atoms with Crippen molar-refractivity contribution in [1.82, 2.24) is 0 Å². The minimum Gasteiger partial charge on any atom is -0.325 e. The second-order valence-corrected chi connectivity index (χ2v) is 5.52. The molecule has 18 heavy (non-hydrogen) atoms. The Labute approximate surface area is 119 Å². The lowest BCUT2D eigenvalue weighted by molar-refractivity contribution is -0.138. The van der Waals surface area contributed by atoms with Gasteiger partial charge in [0, 0.05) is 10.2 Å². The molecule has 100 valence electrons. The van der Waals surface area contributed by atoms with Crippen LogP contribution in [-0.2, 0) is 11.0 Å². The van der Waals surface area contributed by atoms with Gasteiger partial charge in [-0.1, -0.05) is 38.8 Å². The monoisotopic (exact) mass is 387 g/mol. The number of rotatable bonds is 3. The van der Waals surface area contributed by atoms with Crippen molar-refractivity contribution in [2.24, 2.45) is 0 Å². The van der Waals surface area contributed by atoms with Crippen LogP contribution in [0.2, 0.25) is 0 Å². The lowest BCUT2D eigenvalue weighted by atomic mass is 10.2. The molecular formula is C11H10Br2F3NO. The molecule has 1 amide bonds. The van der Waals surface area contributed by atoms with Crippen LogP contribution in [-0.4, -0.2) is 10.7 Å². The van der Waals surface area contributed by atoms with Crippen molar-refractivity contribution in [3.63, 3.8) is 0 Å². The van der Waals surface area contributed by atoms with Gasteiger partial charge in [-0.2, -0.15) is 13.2 Å². The Kier molecular flexibility index (Phi) is 5.21. The average molecular weight is 389 g/mol. The molecule has 1 N–H and O–H groups in total. The van der Waals surface area contributed by atoms with E-state index in [0.717, 1.165) is 6.07 Å². The first-order chi connectivity index (χ1) is 8.25. The summed E-state index contributed by atoms with van der Waals surface area (Å²) >= 11 is 5.96. The molecular weight excluding hydrogens is 379 g/mol. The maximum Gasteiger partial charge on any atom is 0.417 e. The van der Waals surface area contributed by atoms with Gasteiger partial charge in [-0.05, 0) is 24.6 Å². The van der Waals surface area contributed by atoms with E-state index in [1.54, 1.807) is 6.92 Å². The first-order valence-corrected chi connectivity index (χ1v) is 6.78. The number of anilines is 1. The molecule has 0 fully saturated rings. The Hall–Kier alpha value is -0.560. The van der Waals surface area contributed by atoms with E-state index in [1.807, 2.05) is 0 Å². The molecule has 0 aliphatic rings. The van der Waals surface area contributed by atoms with E-state index in [0.29, 0.717) is 6.42 Å². The number of hydrogen-bond donors (Lipinski definition) is 1. The van der Waals surface area contributed by atoms with Crippen molar-refractivity contribution in [3.05, 3.63) is 28.2 Å². The maximum atomic E-state index is 12.6. The van der Waals surface area contributed by atoms with Gasteiger partial charge in [0.2, 0.25) is 5.91 Å². The molecule has 0 aliphatic heterocycles. The summed E-state index contributed by atoms with van der Waals surface area (Å²) in [7, 11) is 0. The first-order valence-electron chi connectivity index (χ1n) is 5.07. The standard InChI is InChI=1S/C11H10Br2F3NO/c1-2-8(12)10(18)17-6-3-4-9(13)7(5-6)11(14,15)16/h3-5,8H,2H2,1H3,(H,17,18). The number of alkyl halides is 4. The highest BCUT2D eigenvalue weighted by atomic mass is 79.9. The predicted molar refractivity (Wildman–Crippen MR) is 70.8 cm³/mol. The predicted octanol–water partition coefficient (Wildman–Crippen LogP) is 4.58. The van der Waals surface area contributed by atoms with Gasteiger partial charge in [-0.3, -0.25) is 4.79 Å². The summed E-state index contributed by atoms with van der Waals surface area (Å²) in [5.41, 5.74) is -0.698. The second-order valence-electron chi connectivity index (χ2n) is 3.56. The number of hydrogen-bond acceptors (Lipinski definition) is 1. The Morgan fingerprint density at radius 3 is 2.56 bits per heavy atom. The van der Waals surface area contributed by atoms with Crippen LogP contribution >= 0.6 is 31.9 Å². The molecule has 0 saturated heterocycles. The average Bonchev–Trinajstić information content (AvgIpc) is 2.29. The van der Waals surface area contributed by atoms with Crippen LogP contribution < -0.4 is 5.32 Å². The van der Waals surface area contributed by atoms with Crippen molar-refractivity contribution in [2.75, 3.05) is 5.32 Å². The van der Waals surface area contributed by atoms with Crippen LogP contribution in [0.25, 0.3) is 0 Å². The molecule has 0 saturated carbocycles. The summed E-state index contributed by atoms with van der Waals surface area (Å²) in [6, 6.07) is 3.57. The Balaban J connectivity index is 2.96. The van der Waals surface area contributed by atoms with Crippen molar-refractivity contribution in [2.45, 2.75) is 24.3 Å². The van der Waals surface area contributed by atoms with Gasteiger partial charge < -0.3 is 5.32 Å². The number of nitrogens with one attached hydrogen (secondary N) is 1. The zero-order chi connectivity index (χ0) is 13.9. The van der Waals surface area contributed by atoms with E-state index in [1.165, 1.54) is 12.1 Å². The van der Waals surface area contributed by atoms with Gasteiger partial charge in [0.05, 0.1) is 10.4 Å². The van der Waals surface area contributed by atoms with E-state index < -0.39 is 16.6 Å². The van der Waals surface area contributed by atoms with Crippen molar-refractivity contribution >= 4 is 43.5 Å². The fourth-order valence-electron chi connectivity index (χ4n) is 1.23. The Bertz CT molecular complexity index is 448. The van der Waals surface area contributed by atoms with Gasteiger partial charge >= 0.3 is 6.18 Å². The third-order valence-corrected chi connectivity index (χ3v) is 3.94. The van der Waals surface area contributed by atoms with Crippen molar-refractivity contribution in [1.29, 1.82) is 0 Å². The van der Waals surface area contributed by atoms with Crippen LogP contribution in [0.15, 0.2) is 22.7 Å².